The van der Waals surface area contributed by atoms with Gasteiger partial charge in [0.05, 0.1) is 18.6 Å². The van der Waals surface area contributed by atoms with Gasteiger partial charge in [-0.2, -0.15) is 0 Å². The summed E-state index contributed by atoms with van der Waals surface area (Å²) < 4.78 is 12.3. The molecule has 4 aliphatic heterocycles. The van der Waals surface area contributed by atoms with Gasteiger partial charge in [0, 0.05) is 44.2 Å². The number of amides is 2. The Bertz CT molecular complexity index is 1160. The van der Waals surface area contributed by atoms with E-state index in [4.69, 9.17) is 14.6 Å². The van der Waals surface area contributed by atoms with Crippen LogP contribution in [-0.4, -0.2) is 84.9 Å². The zero-order valence-electron chi connectivity index (χ0n) is 24.2. The summed E-state index contributed by atoms with van der Waals surface area (Å²) in [5.74, 6) is -2.52. The molecule has 1 unspecified atom stereocenters. The monoisotopic (exact) mass is 565 g/mol. The second kappa shape index (κ2) is 12.8. The maximum Gasteiger partial charge on any atom is 0.312 e. The van der Waals surface area contributed by atoms with Crippen molar-refractivity contribution in [2.45, 2.75) is 70.1 Å². The Balaban J connectivity index is 1.50. The summed E-state index contributed by atoms with van der Waals surface area (Å²) in [5.41, 5.74) is 0.587. The number of allylic oxidation sites excluding steroid dienone is 1. The number of hydrogen-bond donors (Lipinski definition) is 1. The first kappa shape index (κ1) is 29.3. The van der Waals surface area contributed by atoms with Gasteiger partial charge in [0.25, 0.3) is 5.91 Å². The molecule has 1 spiro atoms. The molecule has 222 valence electrons. The molecule has 9 heteroatoms. The van der Waals surface area contributed by atoms with Crippen molar-refractivity contribution >= 4 is 29.2 Å². The predicted molar refractivity (Wildman–Crippen MR) is 156 cm³/mol. The molecule has 2 saturated heterocycles. The number of rotatable bonds is 10. The number of cyclic esters (lactones) is 1. The molecule has 4 aliphatic rings. The molecule has 41 heavy (non-hydrogen) atoms. The van der Waals surface area contributed by atoms with E-state index < -0.39 is 35.6 Å². The first-order chi connectivity index (χ1) is 20.0. The topological polar surface area (TPSA) is 99.6 Å². The van der Waals surface area contributed by atoms with Gasteiger partial charge >= 0.3 is 5.97 Å². The number of esters is 1. The number of unbranched alkanes of at least 4 members (excludes halogenated alkanes) is 3. The van der Waals surface area contributed by atoms with Gasteiger partial charge in [0.1, 0.15) is 17.6 Å². The molecule has 0 radical (unpaired) electrons. The summed E-state index contributed by atoms with van der Waals surface area (Å²) in [6.45, 7) is 7.15. The predicted octanol–water partition coefficient (Wildman–Crippen LogP) is 3.46. The van der Waals surface area contributed by atoms with E-state index in [0.29, 0.717) is 39.0 Å². The maximum absolute atomic E-state index is 14.5. The largest absolute Gasteiger partial charge is 0.465 e. The second-order valence-electron chi connectivity index (χ2n) is 11.3. The smallest absolute Gasteiger partial charge is 0.312 e. The van der Waals surface area contributed by atoms with Crippen LogP contribution < -0.4 is 9.80 Å². The van der Waals surface area contributed by atoms with Crippen molar-refractivity contribution in [3.05, 3.63) is 48.6 Å². The van der Waals surface area contributed by atoms with Gasteiger partial charge < -0.3 is 29.3 Å². The minimum Gasteiger partial charge on any atom is -0.465 e. The third-order valence-electron chi connectivity index (χ3n) is 8.95. The van der Waals surface area contributed by atoms with E-state index in [1.807, 2.05) is 48.6 Å². The third-order valence-corrected chi connectivity index (χ3v) is 8.95. The van der Waals surface area contributed by atoms with E-state index >= 15 is 0 Å². The van der Waals surface area contributed by atoms with Crippen molar-refractivity contribution in [2.75, 3.05) is 49.2 Å². The highest BCUT2D eigenvalue weighted by Gasteiger charge is 2.71. The van der Waals surface area contributed by atoms with Crippen LogP contribution in [0.25, 0.3) is 0 Å². The summed E-state index contributed by atoms with van der Waals surface area (Å²) in [6.07, 6.45) is 11.5. The zero-order valence-corrected chi connectivity index (χ0v) is 24.2. The lowest BCUT2D eigenvalue weighted by Gasteiger charge is -2.35. The van der Waals surface area contributed by atoms with E-state index in [1.165, 1.54) is 0 Å². The molecule has 0 bridgehead atoms. The normalized spacial score (nSPS) is 30.1. The Hall–Kier alpha value is -3.17. The van der Waals surface area contributed by atoms with Crippen molar-refractivity contribution in [2.24, 2.45) is 11.8 Å². The van der Waals surface area contributed by atoms with E-state index in [-0.39, 0.29) is 18.4 Å². The lowest BCUT2D eigenvalue weighted by molar-refractivity contribution is -0.154. The Kier molecular flexibility index (Phi) is 9.14. The van der Waals surface area contributed by atoms with E-state index in [9.17, 15) is 14.4 Å². The van der Waals surface area contributed by atoms with Crippen molar-refractivity contribution in [3.63, 3.8) is 0 Å². The SMILES string of the molecule is CCN(CC)c1ccc(N2CC=C[C@]34O[C@@H]5/C=C\CCCOC(=O)[C@@H]5[C@H]3C(=O)N(CCCCCCO)C4C2=O)cc1. The van der Waals surface area contributed by atoms with Gasteiger partial charge in [-0.1, -0.05) is 37.1 Å². The van der Waals surface area contributed by atoms with E-state index in [1.54, 1.807) is 9.80 Å². The number of likely N-dealkylation sites (tertiary alicyclic amines) is 1. The number of fused-ring (bicyclic) bond motifs is 2. The molecule has 5 rings (SSSR count). The van der Waals surface area contributed by atoms with E-state index in [2.05, 4.69) is 18.7 Å². The fourth-order valence-electron chi connectivity index (χ4n) is 6.90. The van der Waals surface area contributed by atoms with Crippen molar-refractivity contribution < 1.29 is 29.0 Å². The number of ether oxygens (including phenoxy) is 2. The Morgan fingerprint density at radius 1 is 1.00 bits per heavy atom. The van der Waals surface area contributed by atoms with Crippen LogP contribution in [-0.2, 0) is 23.9 Å². The third kappa shape index (κ3) is 5.42. The quantitative estimate of drug-likeness (QED) is 0.264. The number of benzene rings is 1. The number of carbonyl (C=O) groups excluding carboxylic acids is 3. The van der Waals surface area contributed by atoms with Crippen LogP contribution in [0.15, 0.2) is 48.6 Å². The van der Waals surface area contributed by atoms with Gasteiger partial charge in [-0.05, 0) is 63.8 Å². The molecular formula is C32H43N3O6. The van der Waals surface area contributed by atoms with E-state index in [0.717, 1.165) is 43.7 Å². The van der Waals surface area contributed by atoms with Crippen molar-refractivity contribution in [1.29, 1.82) is 0 Å². The summed E-state index contributed by atoms with van der Waals surface area (Å²) in [5, 5.41) is 9.17. The molecule has 1 aromatic rings. The highest BCUT2D eigenvalue weighted by Crippen LogP contribution is 2.53. The van der Waals surface area contributed by atoms with Crippen LogP contribution in [0.2, 0.25) is 0 Å². The Morgan fingerprint density at radius 3 is 2.49 bits per heavy atom. The molecule has 2 fully saturated rings. The van der Waals surface area contributed by atoms with Crippen LogP contribution in [0.3, 0.4) is 0 Å². The number of nitrogens with zero attached hydrogens (tertiary/aromatic N) is 3. The first-order valence-electron chi connectivity index (χ1n) is 15.2. The van der Waals surface area contributed by atoms with Gasteiger partial charge in [-0.25, -0.2) is 0 Å². The summed E-state index contributed by atoms with van der Waals surface area (Å²) in [7, 11) is 0. The van der Waals surface area contributed by atoms with Gasteiger partial charge in [-0.3, -0.25) is 14.4 Å². The number of carbonyl (C=O) groups is 3. The van der Waals surface area contributed by atoms with Crippen LogP contribution in [0.1, 0.15) is 52.4 Å². The Labute approximate surface area is 242 Å². The molecule has 4 heterocycles. The second-order valence-corrected chi connectivity index (χ2v) is 11.3. The van der Waals surface area contributed by atoms with Crippen LogP contribution >= 0.6 is 0 Å². The number of aliphatic hydroxyl groups is 1. The van der Waals surface area contributed by atoms with Crippen molar-refractivity contribution in [3.8, 4) is 0 Å². The molecular weight excluding hydrogens is 522 g/mol. The van der Waals surface area contributed by atoms with Crippen LogP contribution in [0, 0.1) is 11.8 Å². The lowest BCUT2D eigenvalue weighted by Crippen LogP contribution is -2.55. The summed E-state index contributed by atoms with van der Waals surface area (Å²) in [6, 6.07) is 7.07. The molecule has 9 nitrogen and oxygen atoms in total. The van der Waals surface area contributed by atoms with Crippen molar-refractivity contribution in [1.82, 2.24) is 4.90 Å². The number of hydrogen-bond acceptors (Lipinski definition) is 7. The van der Waals surface area contributed by atoms with Gasteiger partial charge in [0.15, 0.2) is 0 Å². The average molecular weight is 566 g/mol. The molecule has 0 saturated carbocycles. The fraction of sp³-hybridized carbons (Fsp3) is 0.594. The molecule has 2 amide bonds. The van der Waals surface area contributed by atoms with Crippen LogP contribution in [0.4, 0.5) is 11.4 Å². The number of aliphatic hydroxyl groups excluding tert-OH is 1. The lowest BCUT2D eigenvalue weighted by atomic mass is 9.78. The molecule has 0 aromatic heterocycles. The van der Waals surface area contributed by atoms with Gasteiger partial charge in [0.2, 0.25) is 5.91 Å². The minimum absolute atomic E-state index is 0.133. The highest BCUT2D eigenvalue weighted by molar-refractivity contribution is 6.05. The molecule has 1 aromatic carbocycles. The fourth-order valence-corrected chi connectivity index (χ4v) is 6.90. The van der Waals surface area contributed by atoms with Gasteiger partial charge in [-0.15, -0.1) is 0 Å². The minimum atomic E-state index is -1.26. The summed E-state index contributed by atoms with van der Waals surface area (Å²) >= 11 is 0. The standard InChI is InChI=1S/C32H43N3O6/c1-3-33(4-2)23-14-16-24(17-15-23)34-20-12-18-32-27(26-25(41-32)13-8-7-11-22-40-31(26)39)29(37)35(28(32)30(34)38)19-9-5-6-10-21-36/h8,12-18,25-28,36H,3-7,9-11,19-22H2,1-2H3/b13-8-/t25-,26+,27+,28?,32+/m1/s1. The Morgan fingerprint density at radius 2 is 1.76 bits per heavy atom. The first-order valence-corrected chi connectivity index (χ1v) is 15.2. The maximum atomic E-state index is 14.5. The average Bonchev–Trinajstić information content (AvgIpc) is 3.38. The zero-order chi connectivity index (χ0) is 29.0. The molecule has 1 N–H and O–H groups in total. The highest BCUT2D eigenvalue weighted by atomic mass is 16.6. The van der Waals surface area contributed by atoms with Crippen LogP contribution in [0.5, 0.6) is 0 Å². The number of anilines is 2. The molecule has 5 atom stereocenters. The summed E-state index contributed by atoms with van der Waals surface area (Å²) in [4.78, 5) is 47.7. The molecule has 0 aliphatic carbocycles.